The molecule has 0 aromatic rings. The molecule has 0 bridgehead atoms. The molecule has 0 amide bonds. The van der Waals surface area contributed by atoms with Crippen LogP contribution in [0.5, 0.6) is 0 Å². The van der Waals surface area contributed by atoms with Crippen molar-refractivity contribution >= 4 is 0 Å². The molecule has 108 valence electrons. The second kappa shape index (κ2) is 6.75. The maximum Gasteiger partial charge on any atom is 0.391 e. The number of alkyl halides is 3. The van der Waals surface area contributed by atoms with Gasteiger partial charge in [0.25, 0.3) is 0 Å². The Morgan fingerprint density at radius 3 is 2.11 bits per heavy atom. The fourth-order valence-corrected chi connectivity index (χ4v) is 2.64. The predicted octanol–water partition coefficient (Wildman–Crippen LogP) is 3.10. The summed E-state index contributed by atoms with van der Waals surface area (Å²) in [4.78, 5) is 0. The highest BCUT2D eigenvalue weighted by molar-refractivity contribution is 4.83. The summed E-state index contributed by atoms with van der Waals surface area (Å²) < 4.78 is 37.6. The summed E-state index contributed by atoms with van der Waals surface area (Å²) in [5.41, 5.74) is 0. The Kier molecular flexibility index (Phi) is 5.92. The molecule has 18 heavy (non-hydrogen) atoms. The van der Waals surface area contributed by atoms with E-state index in [0.29, 0.717) is 25.2 Å². The van der Waals surface area contributed by atoms with Crippen LogP contribution in [-0.2, 0) is 0 Å². The highest BCUT2D eigenvalue weighted by Gasteiger charge is 2.41. The van der Waals surface area contributed by atoms with Crippen molar-refractivity contribution in [2.45, 2.75) is 64.2 Å². The predicted molar refractivity (Wildman–Crippen MR) is 65.3 cm³/mol. The lowest BCUT2D eigenvalue weighted by Gasteiger charge is -2.34. The molecular formula is C13H24F3NO. The zero-order valence-electron chi connectivity index (χ0n) is 11.1. The van der Waals surface area contributed by atoms with Gasteiger partial charge in [-0.3, -0.25) is 0 Å². The second-order valence-electron chi connectivity index (χ2n) is 5.62. The van der Waals surface area contributed by atoms with Gasteiger partial charge in [-0.05, 0) is 38.0 Å². The number of aliphatic hydroxyl groups is 1. The molecule has 1 fully saturated rings. The van der Waals surface area contributed by atoms with E-state index < -0.39 is 12.1 Å². The van der Waals surface area contributed by atoms with Crippen LogP contribution in [0.1, 0.15) is 46.0 Å². The normalized spacial score (nSPS) is 27.5. The highest BCUT2D eigenvalue weighted by atomic mass is 19.4. The lowest BCUT2D eigenvalue weighted by atomic mass is 9.84. The van der Waals surface area contributed by atoms with E-state index in [9.17, 15) is 13.2 Å². The van der Waals surface area contributed by atoms with Gasteiger partial charge in [0.1, 0.15) is 0 Å². The van der Waals surface area contributed by atoms with Crippen molar-refractivity contribution in [3.63, 3.8) is 0 Å². The first-order chi connectivity index (χ1) is 8.34. The molecule has 1 aliphatic rings. The van der Waals surface area contributed by atoms with Crippen LogP contribution in [-0.4, -0.2) is 30.0 Å². The van der Waals surface area contributed by atoms with Crippen molar-refractivity contribution in [1.29, 1.82) is 0 Å². The van der Waals surface area contributed by atoms with Gasteiger partial charge in [0.2, 0.25) is 0 Å². The van der Waals surface area contributed by atoms with E-state index in [0.717, 1.165) is 0 Å². The minimum atomic E-state index is -4.03. The third-order valence-corrected chi connectivity index (χ3v) is 3.88. The summed E-state index contributed by atoms with van der Waals surface area (Å²) in [6.45, 7) is 4.25. The zero-order chi connectivity index (χ0) is 13.8. The number of hydrogen-bond donors (Lipinski definition) is 2. The molecule has 0 heterocycles. The Morgan fingerprint density at radius 1 is 1.17 bits per heavy atom. The van der Waals surface area contributed by atoms with Crippen molar-refractivity contribution < 1.29 is 18.3 Å². The molecule has 0 aromatic heterocycles. The molecule has 0 saturated heterocycles. The van der Waals surface area contributed by atoms with Crippen LogP contribution >= 0.6 is 0 Å². The number of hydrogen-bond acceptors (Lipinski definition) is 2. The standard InChI is InChI=1S/C13H24F3NO/c1-9(2)12(7-8-18)17-11-5-3-10(4-6-11)13(14,15)16/h9-12,17-18H,3-8H2,1-2H3. The first-order valence-corrected chi connectivity index (χ1v) is 6.78. The van der Waals surface area contributed by atoms with Crippen LogP contribution in [0.15, 0.2) is 0 Å². The van der Waals surface area contributed by atoms with Crippen LogP contribution in [0, 0.1) is 11.8 Å². The van der Waals surface area contributed by atoms with E-state index in [4.69, 9.17) is 5.11 Å². The summed E-state index contributed by atoms with van der Waals surface area (Å²) in [6, 6.07) is 0.366. The fraction of sp³-hybridized carbons (Fsp3) is 1.00. The summed E-state index contributed by atoms with van der Waals surface area (Å²) in [5.74, 6) is -0.733. The van der Waals surface area contributed by atoms with Crippen LogP contribution < -0.4 is 5.32 Å². The van der Waals surface area contributed by atoms with Crippen LogP contribution in [0.3, 0.4) is 0 Å². The van der Waals surface area contributed by atoms with Gasteiger partial charge in [-0.2, -0.15) is 13.2 Å². The second-order valence-corrected chi connectivity index (χ2v) is 5.62. The smallest absolute Gasteiger partial charge is 0.391 e. The van der Waals surface area contributed by atoms with Crippen LogP contribution in [0.4, 0.5) is 13.2 Å². The molecule has 2 nitrogen and oxygen atoms in total. The van der Waals surface area contributed by atoms with Crippen molar-refractivity contribution in [2.75, 3.05) is 6.61 Å². The SMILES string of the molecule is CC(C)C(CCO)NC1CCC(C(F)(F)F)CC1. The number of aliphatic hydroxyl groups excluding tert-OH is 1. The molecular weight excluding hydrogens is 243 g/mol. The zero-order valence-corrected chi connectivity index (χ0v) is 11.1. The summed E-state index contributed by atoms with van der Waals surface area (Å²) >= 11 is 0. The lowest BCUT2D eigenvalue weighted by Crippen LogP contribution is -2.44. The summed E-state index contributed by atoms with van der Waals surface area (Å²) in [5, 5.41) is 12.4. The Balaban J connectivity index is 2.38. The third kappa shape index (κ3) is 4.76. The quantitative estimate of drug-likeness (QED) is 0.802. The molecule has 0 radical (unpaired) electrons. The van der Waals surface area contributed by atoms with Gasteiger partial charge >= 0.3 is 6.18 Å². The summed E-state index contributed by atoms with van der Waals surface area (Å²) in [7, 11) is 0. The van der Waals surface area contributed by atoms with Crippen molar-refractivity contribution in [1.82, 2.24) is 5.32 Å². The van der Waals surface area contributed by atoms with E-state index >= 15 is 0 Å². The van der Waals surface area contributed by atoms with Crippen LogP contribution in [0.25, 0.3) is 0 Å². The molecule has 2 N–H and O–H groups in total. The minimum absolute atomic E-state index is 0.119. The molecule has 1 unspecified atom stereocenters. The first-order valence-electron chi connectivity index (χ1n) is 6.78. The lowest BCUT2D eigenvalue weighted by molar-refractivity contribution is -0.182. The van der Waals surface area contributed by atoms with E-state index in [1.165, 1.54) is 0 Å². The molecule has 1 saturated carbocycles. The molecule has 1 rings (SSSR count). The number of nitrogens with one attached hydrogen (secondary N) is 1. The maximum absolute atomic E-state index is 12.5. The number of rotatable bonds is 5. The molecule has 0 aromatic carbocycles. The molecule has 1 atom stereocenters. The Labute approximate surface area is 107 Å². The topological polar surface area (TPSA) is 32.3 Å². The third-order valence-electron chi connectivity index (χ3n) is 3.88. The van der Waals surface area contributed by atoms with E-state index in [1.807, 2.05) is 0 Å². The van der Waals surface area contributed by atoms with Crippen molar-refractivity contribution in [3.05, 3.63) is 0 Å². The first kappa shape index (κ1) is 15.8. The Bertz CT molecular complexity index is 235. The van der Waals surface area contributed by atoms with Gasteiger partial charge in [-0.15, -0.1) is 0 Å². The molecule has 0 spiro atoms. The van der Waals surface area contributed by atoms with Gasteiger partial charge in [0.05, 0.1) is 5.92 Å². The molecule has 5 heteroatoms. The Morgan fingerprint density at radius 2 is 1.72 bits per heavy atom. The fourth-order valence-electron chi connectivity index (χ4n) is 2.64. The average molecular weight is 267 g/mol. The van der Waals surface area contributed by atoms with E-state index in [1.54, 1.807) is 0 Å². The average Bonchev–Trinajstić information content (AvgIpc) is 2.28. The summed E-state index contributed by atoms with van der Waals surface area (Å²) in [6.07, 6.45) is -1.75. The van der Waals surface area contributed by atoms with Gasteiger partial charge in [-0.25, -0.2) is 0 Å². The molecule has 1 aliphatic carbocycles. The maximum atomic E-state index is 12.5. The monoisotopic (exact) mass is 267 g/mol. The van der Waals surface area contributed by atoms with Crippen molar-refractivity contribution in [2.24, 2.45) is 11.8 Å². The largest absolute Gasteiger partial charge is 0.396 e. The minimum Gasteiger partial charge on any atom is -0.396 e. The van der Waals surface area contributed by atoms with Gasteiger partial charge in [0, 0.05) is 18.7 Å². The van der Waals surface area contributed by atoms with Gasteiger partial charge in [-0.1, -0.05) is 13.8 Å². The van der Waals surface area contributed by atoms with Crippen molar-refractivity contribution in [3.8, 4) is 0 Å². The number of halogens is 3. The van der Waals surface area contributed by atoms with E-state index in [-0.39, 0.29) is 31.5 Å². The van der Waals surface area contributed by atoms with Crippen LogP contribution in [0.2, 0.25) is 0 Å². The highest BCUT2D eigenvalue weighted by Crippen LogP contribution is 2.37. The van der Waals surface area contributed by atoms with E-state index in [2.05, 4.69) is 19.2 Å². The van der Waals surface area contributed by atoms with Gasteiger partial charge in [0.15, 0.2) is 0 Å². The molecule has 0 aliphatic heterocycles. The Hall–Kier alpha value is -0.290. The van der Waals surface area contributed by atoms with Gasteiger partial charge < -0.3 is 10.4 Å².